The van der Waals surface area contributed by atoms with Gasteiger partial charge in [0.1, 0.15) is 5.75 Å². The fraction of sp³-hybridized carbons (Fsp3) is 0.538. The summed E-state index contributed by atoms with van der Waals surface area (Å²) in [5.41, 5.74) is 0.959. The molecule has 3 heteroatoms. The molecule has 0 spiro atoms. The lowest BCUT2D eigenvalue weighted by Crippen LogP contribution is -2.14. The first-order chi connectivity index (χ1) is 7.77. The van der Waals surface area contributed by atoms with Crippen molar-refractivity contribution >= 4 is 15.9 Å². The average molecular weight is 284 g/mol. The summed E-state index contributed by atoms with van der Waals surface area (Å²) >= 11 is 3.32. The Kier molecular flexibility index (Phi) is 4.24. The molecular formula is C13H18BrNO. The van der Waals surface area contributed by atoms with Gasteiger partial charge < -0.3 is 10.4 Å². The predicted octanol–water partition coefficient (Wildman–Crippen LogP) is 3.43. The molecule has 0 saturated heterocycles. The van der Waals surface area contributed by atoms with E-state index in [1.165, 1.54) is 25.7 Å². The molecule has 0 aliphatic heterocycles. The van der Waals surface area contributed by atoms with Crippen molar-refractivity contribution in [3.8, 4) is 5.75 Å². The standard InChI is InChI=1S/C13H18BrNO/c14-12-5-1-4-11(13(12)16)9-15-8-2-3-10-6-7-10/h1,4-5,10,15-16H,2-3,6-9H2. The van der Waals surface area contributed by atoms with Gasteiger partial charge >= 0.3 is 0 Å². The van der Waals surface area contributed by atoms with Gasteiger partial charge in [-0.15, -0.1) is 0 Å². The van der Waals surface area contributed by atoms with E-state index in [-0.39, 0.29) is 0 Å². The van der Waals surface area contributed by atoms with Crippen LogP contribution >= 0.6 is 15.9 Å². The molecule has 0 amide bonds. The SMILES string of the molecule is Oc1c(Br)cccc1CNCCCC1CC1. The summed E-state index contributed by atoms with van der Waals surface area (Å²) in [7, 11) is 0. The molecule has 0 atom stereocenters. The number of aromatic hydroxyl groups is 1. The van der Waals surface area contributed by atoms with Gasteiger partial charge in [-0.2, -0.15) is 0 Å². The molecule has 0 aromatic heterocycles. The molecule has 0 radical (unpaired) electrons. The van der Waals surface area contributed by atoms with Gasteiger partial charge in [0.2, 0.25) is 0 Å². The number of hydrogen-bond acceptors (Lipinski definition) is 2. The monoisotopic (exact) mass is 283 g/mol. The number of rotatable bonds is 6. The average Bonchev–Trinajstić information content (AvgIpc) is 3.07. The van der Waals surface area contributed by atoms with E-state index in [9.17, 15) is 5.11 Å². The zero-order valence-electron chi connectivity index (χ0n) is 9.38. The first kappa shape index (κ1) is 11.9. The van der Waals surface area contributed by atoms with Crippen molar-refractivity contribution < 1.29 is 5.11 Å². The van der Waals surface area contributed by atoms with Gasteiger partial charge in [-0.3, -0.25) is 0 Å². The highest BCUT2D eigenvalue weighted by molar-refractivity contribution is 9.10. The number of benzene rings is 1. The van der Waals surface area contributed by atoms with Crippen LogP contribution < -0.4 is 5.32 Å². The molecule has 0 bridgehead atoms. The highest BCUT2D eigenvalue weighted by Gasteiger charge is 2.19. The number of phenolic OH excluding ortho intramolecular Hbond substituents is 1. The molecule has 88 valence electrons. The van der Waals surface area contributed by atoms with Gasteiger partial charge in [0.05, 0.1) is 4.47 Å². The zero-order chi connectivity index (χ0) is 11.4. The minimum Gasteiger partial charge on any atom is -0.506 e. The van der Waals surface area contributed by atoms with E-state index in [4.69, 9.17) is 0 Å². The van der Waals surface area contributed by atoms with Crippen LogP contribution in [-0.4, -0.2) is 11.7 Å². The summed E-state index contributed by atoms with van der Waals surface area (Å²) in [4.78, 5) is 0. The number of phenols is 1. The maximum absolute atomic E-state index is 9.77. The number of nitrogens with one attached hydrogen (secondary N) is 1. The Bertz CT molecular complexity index is 350. The molecule has 1 aliphatic carbocycles. The fourth-order valence-corrected chi connectivity index (χ4v) is 2.26. The van der Waals surface area contributed by atoms with Crippen LogP contribution in [0.15, 0.2) is 22.7 Å². The van der Waals surface area contributed by atoms with Gasteiger partial charge in [-0.1, -0.05) is 25.0 Å². The minimum atomic E-state index is 0.359. The molecule has 1 fully saturated rings. The minimum absolute atomic E-state index is 0.359. The van der Waals surface area contributed by atoms with Crippen LogP contribution in [0.4, 0.5) is 0 Å². The van der Waals surface area contributed by atoms with Crippen LogP contribution in [0.5, 0.6) is 5.75 Å². The topological polar surface area (TPSA) is 32.3 Å². The van der Waals surface area contributed by atoms with E-state index in [1.807, 2.05) is 18.2 Å². The molecule has 1 aromatic carbocycles. The first-order valence-corrected chi connectivity index (χ1v) is 6.74. The van der Waals surface area contributed by atoms with Crippen LogP contribution in [0.2, 0.25) is 0 Å². The highest BCUT2D eigenvalue weighted by Crippen LogP contribution is 2.33. The summed E-state index contributed by atoms with van der Waals surface area (Å²) in [6, 6.07) is 5.75. The Hall–Kier alpha value is -0.540. The summed E-state index contributed by atoms with van der Waals surface area (Å²) < 4.78 is 0.768. The third kappa shape index (κ3) is 3.49. The van der Waals surface area contributed by atoms with Gasteiger partial charge in [0.25, 0.3) is 0 Å². The second kappa shape index (κ2) is 5.69. The third-order valence-electron chi connectivity index (χ3n) is 3.05. The Morgan fingerprint density at radius 3 is 2.94 bits per heavy atom. The largest absolute Gasteiger partial charge is 0.506 e. The Morgan fingerprint density at radius 2 is 2.19 bits per heavy atom. The normalized spacial score (nSPS) is 15.3. The van der Waals surface area contributed by atoms with E-state index in [1.54, 1.807) is 0 Å². The van der Waals surface area contributed by atoms with Gasteiger partial charge in [0.15, 0.2) is 0 Å². The molecule has 0 heterocycles. The van der Waals surface area contributed by atoms with Gasteiger partial charge in [-0.25, -0.2) is 0 Å². The van der Waals surface area contributed by atoms with Crippen molar-refractivity contribution in [2.45, 2.75) is 32.2 Å². The van der Waals surface area contributed by atoms with Gasteiger partial charge in [0, 0.05) is 12.1 Å². The van der Waals surface area contributed by atoms with E-state index < -0.39 is 0 Å². The quantitative estimate of drug-likeness (QED) is 0.784. The Balaban J connectivity index is 1.69. The second-order valence-electron chi connectivity index (χ2n) is 4.51. The Labute approximate surface area is 105 Å². The summed E-state index contributed by atoms with van der Waals surface area (Å²) in [5.74, 6) is 1.37. The first-order valence-electron chi connectivity index (χ1n) is 5.94. The van der Waals surface area contributed by atoms with Crippen LogP contribution in [0.25, 0.3) is 0 Å². The van der Waals surface area contributed by atoms with Gasteiger partial charge in [-0.05, 0) is 47.3 Å². The number of para-hydroxylation sites is 1. The van der Waals surface area contributed by atoms with E-state index in [0.29, 0.717) is 5.75 Å². The molecule has 2 rings (SSSR count). The molecule has 1 aromatic rings. The summed E-state index contributed by atoms with van der Waals surface area (Å²) in [6.45, 7) is 1.79. The maximum Gasteiger partial charge on any atom is 0.134 e. The number of hydrogen-bond donors (Lipinski definition) is 2. The van der Waals surface area contributed by atoms with Crippen molar-refractivity contribution in [1.82, 2.24) is 5.32 Å². The molecule has 2 nitrogen and oxygen atoms in total. The van der Waals surface area contributed by atoms with Crippen molar-refractivity contribution in [3.63, 3.8) is 0 Å². The van der Waals surface area contributed by atoms with Crippen LogP contribution in [0.3, 0.4) is 0 Å². The predicted molar refractivity (Wildman–Crippen MR) is 69.5 cm³/mol. The summed E-state index contributed by atoms with van der Waals surface area (Å²) in [6.07, 6.45) is 5.48. The molecular weight excluding hydrogens is 266 g/mol. The third-order valence-corrected chi connectivity index (χ3v) is 3.69. The van der Waals surface area contributed by atoms with Crippen molar-refractivity contribution in [3.05, 3.63) is 28.2 Å². The van der Waals surface area contributed by atoms with Crippen molar-refractivity contribution in [1.29, 1.82) is 0 Å². The lowest BCUT2D eigenvalue weighted by Gasteiger charge is -2.07. The molecule has 16 heavy (non-hydrogen) atoms. The van der Waals surface area contributed by atoms with E-state index in [0.717, 1.165) is 29.0 Å². The number of halogens is 1. The zero-order valence-corrected chi connectivity index (χ0v) is 11.0. The summed E-state index contributed by atoms with van der Waals surface area (Å²) in [5, 5.41) is 13.1. The fourth-order valence-electron chi connectivity index (χ4n) is 1.85. The molecule has 0 unspecified atom stereocenters. The lowest BCUT2D eigenvalue weighted by molar-refractivity contribution is 0.460. The highest BCUT2D eigenvalue weighted by atomic mass is 79.9. The van der Waals surface area contributed by atoms with E-state index >= 15 is 0 Å². The smallest absolute Gasteiger partial charge is 0.134 e. The molecule has 2 N–H and O–H groups in total. The Morgan fingerprint density at radius 1 is 1.38 bits per heavy atom. The maximum atomic E-state index is 9.77. The van der Waals surface area contributed by atoms with E-state index in [2.05, 4.69) is 21.2 Å². The van der Waals surface area contributed by atoms with Crippen LogP contribution in [0.1, 0.15) is 31.2 Å². The molecule has 1 saturated carbocycles. The lowest BCUT2D eigenvalue weighted by atomic mass is 10.2. The molecule has 1 aliphatic rings. The van der Waals surface area contributed by atoms with Crippen LogP contribution in [0, 0.1) is 5.92 Å². The second-order valence-corrected chi connectivity index (χ2v) is 5.36. The van der Waals surface area contributed by atoms with Crippen molar-refractivity contribution in [2.75, 3.05) is 6.54 Å². The van der Waals surface area contributed by atoms with Crippen LogP contribution in [-0.2, 0) is 6.54 Å². The van der Waals surface area contributed by atoms with Crippen molar-refractivity contribution in [2.24, 2.45) is 5.92 Å².